The second-order valence-electron chi connectivity index (χ2n) is 5.55. The molecule has 102 valence electrons. The highest BCUT2D eigenvalue weighted by Crippen LogP contribution is 2.30. The number of halogens is 1. The van der Waals surface area contributed by atoms with Gasteiger partial charge in [-0.15, -0.1) is 0 Å². The van der Waals surface area contributed by atoms with Gasteiger partial charge in [-0.25, -0.2) is 0 Å². The Kier molecular flexibility index (Phi) is 3.89. The first-order valence-corrected chi connectivity index (χ1v) is 7.77. The molecule has 4 heteroatoms. The van der Waals surface area contributed by atoms with Crippen molar-refractivity contribution < 1.29 is 4.79 Å². The zero-order valence-electron chi connectivity index (χ0n) is 11.0. The van der Waals surface area contributed by atoms with Crippen LogP contribution >= 0.6 is 15.9 Å². The van der Waals surface area contributed by atoms with E-state index in [2.05, 4.69) is 31.8 Å². The van der Waals surface area contributed by atoms with Crippen LogP contribution in [0, 0.1) is 5.92 Å². The molecule has 2 aliphatic rings. The third-order valence-corrected chi connectivity index (χ3v) is 4.54. The lowest BCUT2D eigenvalue weighted by molar-refractivity contribution is 0.112. The van der Waals surface area contributed by atoms with Crippen LogP contribution in [0.5, 0.6) is 0 Å². The van der Waals surface area contributed by atoms with E-state index in [1.807, 2.05) is 12.1 Å². The summed E-state index contributed by atoms with van der Waals surface area (Å²) >= 11 is 3.49. The maximum atomic E-state index is 11.1. The lowest BCUT2D eigenvalue weighted by atomic mass is 10.1. The SMILES string of the molecule is O=Cc1ccc(Br)cc1N1CCN(CC2CC2)CC1. The molecule has 0 aromatic heterocycles. The number of rotatable bonds is 4. The normalized spacial score (nSPS) is 20.6. The van der Waals surface area contributed by atoms with E-state index in [0.29, 0.717) is 0 Å². The average Bonchev–Trinajstić information content (AvgIpc) is 3.23. The predicted octanol–water partition coefficient (Wildman–Crippen LogP) is 2.79. The van der Waals surface area contributed by atoms with Gasteiger partial charge in [-0.2, -0.15) is 0 Å². The number of carbonyl (C=O) groups is 1. The maximum Gasteiger partial charge on any atom is 0.152 e. The van der Waals surface area contributed by atoms with E-state index in [1.54, 1.807) is 0 Å². The van der Waals surface area contributed by atoms with Crippen molar-refractivity contribution in [3.8, 4) is 0 Å². The van der Waals surface area contributed by atoms with E-state index in [1.165, 1.54) is 19.4 Å². The lowest BCUT2D eigenvalue weighted by Gasteiger charge is -2.36. The first-order valence-electron chi connectivity index (χ1n) is 6.98. The number of piperazine rings is 1. The fraction of sp³-hybridized carbons (Fsp3) is 0.533. The van der Waals surface area contributed by atoms with Gasteiger partial charge >= 0.3 is 0 Å². The van der Waals surface area contributed by atoms with Gasteiger partial charge in [0.05, 0.1) is 0 Å². The summed E-state index contributed by atoms with van der Waals surface area (Å²) in [6, 6.07) is 5.87. The topological polar surface area (TPSA) is 23.6 Å². The van der Waals surface area contributed by atoms with Crippen molar-refractivity contribution in [2.45, 2.75) is 12.8 Å². The Morgan fingerprint density at radius 1 is 1.21 bits per heavy atom. The average molecular weight is 323 g/mol. The maximum absolute atomic E-state index is 11.1. The van der Waals surface area contributed by atoms with Crippen molar-refractivity contribution in [3.63, 3.8) is 0 Å². The minimum atomic E-state index is 0.791. The van der Waals surface area contributed by atoms with Crippen LogP contribution in [-0.2, 0) is 0 Å². The fourth-order valence-corrected chi connectivity index (χ4v) is 3.08. The molecule has 1 saturated carbocycles. The zero-order valence-corrected chi connectivity index (χ0v) is 12.6. The highest BCUT2D eigenvalue weighted by Gasteiger charge is 2.26. The Morgan fingerprint density at radius 2 is 1.95 bits per heavy atom. The van der Waals surface area contributed by atoms with Crippen molar-refractivity contribution in [2.24, 2.45) is 5.92 Å². The molecule has 1 aliphatic heterocycles. The molecule has 1 aromatic carbocycles. The van der Waals surface area contributed by atoms with Gasteiger partial charge in [0.15, 0.2) is 6.29 Å². The van der Waals surface area contributed by atoms with Gasteiger partial charge in [0.1, 0.15) is 0 Å². The van der Waals surface area contributed by atoms with Crippen LogP contribution in [0.25, 0.3) is 0 Å². The Labute approximate surface area is 122 Å². The van der Waals surface area contributed by atoms with Gasteiger partial charge in [0.25, 0.3) is 0 Å². The number of hydrogen-bond acceptors (Lipinski definition) is 3. The number of carbonyl (C=O) groups excluding carboxylic acids is 1. The molecule has 1 saturated heterocycles. The van der Waals surface area contributed by atoms with Crippen LogP contribution in [0.4, 0.5) is 5.69 Å². The Balaban J connectivity index is 1.66. The molecule has 0 amide bonds. The predicted molar refractivity (Wildman–Crippen MR) is 80.9 cm³/mol. The Bertz CT molecular complexity index is 465. The van der Waals surface area contributed by atoms with E-state index < -0.39 is 0 Å². The van der Waals surface area contributed by atoms with Gasteiger partial charge in [0, 0.05) is 48.4 Å². The van der Waals surface area contributed by atoms with Gasteiger partial charge in [-0.05, 0) is 37.0 Å². The molecule has 0 unspecified atom stereocenters. The Hall–Kier alpha value is -0.870. The van der Waals surface area contributed by atoms with Crippen LogP contribution in [0.3, 0.4) is 0 Å². The highest BCUT2D eigenvalue weighted by atomic mass is 79.9. The molecular formula is C15H19BrN2O. The van der Waals surface area contributed by atoms with E-state index in [-0.39, 0.29) is 0 Å². The van der Waals surface area contributed by atoms with Gasteiger partial charge < -0.3 is 4.90 Å². The fourth-order valence-electron chi connectivity index (χ4n) is 2.73. The van der Waals surface area contributed by atoms with Crippen LogP contribution in [0.2, 0.25) is 0 Å². The second-order valence-corrected chi connectivity index (χ2v) is 6.47. The zero-order chi connectivity index (χ0) is 13.2. The largest absolute Gasteiger partial charge is 0.368 e. The summed E-state index contributed by atoms with van der Waals surface area (Å²) in [5.41, 5.74) is 1.86. The van der Waals surface area contributed by atoms with E-state index in [9.17, 15) is 4.79 Å². The van der Waals surface area contributed by atoms with Gasteiger partial charge in [-0.1, -0.05) is 15.9 Å². The summed E-state index contributed by atoms with van der Waals surface area (Å²) in [5, 5.41) is 0. The molecule has 0 N–H and O–H groups in total. The number of benzene rings is 1. The van der Waals surface area contributed by atoms with E-state index in [0.717, 1.165) is 54.1 Å². The van der Waals surface area contributed by atoms with Gasteiger partial charge in [0.2, 0.25) is 0 Å². The molecule has 0 bridgehead atoms. The number of nitrogens with zero attached hydrogens (tertiary/aromatic N) is 2. The standard InChI is InChI=1S/C15H19BrN2O/c16-14-4-3-13(11-19)15(9-14)18-7-5-17(6-8-18)10-12-1-2-12/h3-4,9,11-12H,1-2,5-8,10H2. The lowest BCUT2D eigenvalue weighted by Crippen LogP contribution is -2.47. The molecule has 3 nitrogen and oxygen atoms in total. The molecule has 3 rings (SSSR count). The molecule has 1 aliphatic carbocycles. The van der Waals surface area contributed by atoms with E-state index in [4.69, 9.17) is 0 Å². The number of anilines is 1. The Morgan fingerprint density at radius 3 is 2.58 bits per heavy atom. The number of aldehydes is 1. The monoisotopic (exact) mass is 322 g/mol. The van der Waals surface area contributed by atoms with Crippen LogP contribution in [0.15, 0.2) is 22.7 Å². The summed E-state index contributed by atoms with van der Waals surface area (Å²) < 4.78 is 1.04. The van der Waals surface area contributed by atoms with Crippen LogP contribution in [0.1, 0.15) is 23.2 Å². The molecule has 1 heterocycles. The minimum absolute atomic E-state index is 0.791. The molecule has 0 atom stereocenters. The minimum Gasteiger partial charge on any atom is -0.368 e. The van der Waals surface area contributed by atoms with Crippen molar-refractivity contribution in [3.05, 3.63) is 28.2 Å². The molecular weight excluding hydrogens is 304 g/mol. The summed E-state index contributed by atoms with van der Waals surface area (Å²) in [6.45, 7) is 5.53. The second kappa shape index (κ2) is 5.63. The summed E-state index contributed by atoms with van der Waals surface area (Å²) in [7, 11) is 0. The van der Waals surface area contributed by atoms with E-state index >= 15 is 0 Å². The molecule has 1 aromatic rings. The summed E-state index contributed by atoms with van der Waals surface area (Å²) in [6.07, 6.45) is 3.79. The summed E-state index contributed by atoms with van der Waals surface area (Å²) in [4.78, 5) is 16.0. The first kappa shape index (κ1) is 13.1. The molecule has 19 heavy (non-hydrogen) atoms. The third kappa shape index (κ3) is 3.18. The molecule has 2 fully saturated rings. The van der Waals surface area contributed by atoms with Crippen LogP contribution < -0.4 is 4.90 Å². The van der Waals surface area contributed by atoms with Crippen LogP contribution in [-0.4, -0.2) is 43.9 Å². The van der Waals surface area contributed by atoms with Crippen molar-refractivity contribution in [2.75, 3.05) is 37.6 Å². The quantitative estimate of drug-likeness (QED) is 0.796. The summed E-state index contributed by atoms with van der Waals surface area (Å²) in [5.74, 6) is 0.961. The highest BCUT2D eigenvalue weighted by molar-refractivity contribution is 9.10. The number of hydrogen-bond donors (Lipinski definition) is 0. The third-order valence-electron chi connectivity index (χ3n) is 4.05. The van der Waals surface area contributed by atoms with Crippen molar-refractivity contribution in [1.29, 1.82) is 0 Å². The molecule has 0 radical (unpaired) electrons. The molecule has 0 spiro atoms. The van der Waals surface area contributed by atoms with Crippen molar-refractivity contribution >= 4 is 27.9 Å². The smallest absolute Gasteiger partial charge is 0.152 e. The van der Waals surface area contributed by atoms with Crippen molar-refractivity contribution in [1.82, 2.24) is 4.90 Å². The van der Waals surface area contributed by atoms with Gasteiger partial charge in [-0.3, -0.25) is 9.69 Å². The first-order chi connectivity index (χ1) is 9.26.